The quantitative estimate of drug-likeness (QED) is 0.694. The normalized spacial score (nSPS) is 10.3. The summed E-state index contributed by atoms with van der Waals surface area (Å²) in [6.07, 6.45) is 2.01. The lowest BCUT2D eigenvalue weighted by Gasteiger charge is -1.97. The van der Waals surface area contributed by atoms with Gasteiger partial charge in [0, 0.05) is 5.56 Å². The first-order chi connectivity index (χ1) is 6.74. The third kappa shape index (κ3) is 1.06. The number of nitrogens with one attached hydrogen (secondary N) is 1. The van der Waals surface area contributed by atoms with Crippen LogP contribution in [0.2, 0.25) is 0 Å². The second-order valence-corrected chi connectivity index (χ2v) is 2.75. The van der Waals surface area contributed by atoms with Gasteiger partial charge >= 0.3 is 5.97 Å². The number of aromatic amines is 1. The topological polar surface area (TPSA) is 83.0 Å². The van der Waals surface area contributed by atoms with E-state index in [9.17, 15) is 9.59 Å². The molecule has 0 radical (unpaired) electrons. The van der Waals surface area contributed by atoms with E-state index in [2.05, 4.69) is 9.97 Å². The highest BCUT2D eigenvalue weighted by molar-refractivity contribution is 6.05. The van der Waals surface area contributed by atoms with Crippen LogP contribution in [-0.4, -0.2) is 27.3 Å². The number of carboxylic acid groups (broad SMARTS) is 1. The summed E-state index contributed by atoms with van der Waals surface area (Å²) in [5.74, 6) is -1.04. The SMILES string of the molecule is O=Cc1ccc(C(=O)O)c2[nH]cnc12. The largest absolute Gasteiger partial charge is 0.478 e. The van der Waals surface area contributed by atoms with E-state index >= 15 is 0 Å². The van der Waals surface area contributed by atoms with Crippen molar-refractivity contribution in [3.63, 3.8) is 0 Å². The van der Waals surface area contributed by atoms with Crippen LogP contribution in [-0.2, 0) is 0 Å². The minimum absolute atomic E-state index is 0.114. The van der Waals surface area contributed by atoms with Crippen LogP contribution in [0.1, 0.15) is 20.7 Å². The number of H-pyrrole nitrogens is 1. The van der Waals surface area contributed by atoms with Crippen LogP contribution in [0.3, 0.4) is 0 Å². The maximum Gasteiger partial charge on any atom is 0.337 e. The Morgan fingerprint density at radius 1 is 1.50 bits per heavy atom. The summed E-state index contributed by atoms with van der Waals surface area (Å²) in [6, 6.07) is 2.83. The van der Waals surface area contributed by atoms with Crippen molar-refractivity contribution in [3.05, 3.63) is 29.6 Å². The van der Waals surface area contributed by atoms with Gasteiger partial charge in [0.1, 0.15) is 0 Å². The number of benzene rings is 1. The Bertz CT molecular complexity index is 516. The maximum atomic E-state index is 10.8. The van der Waals surface area contributed by atoms with Crippen LogP contribution >= 0.6 is 0 Å². The number of aromatic nitrogens is 2. The lowest BCUT2D eigenvalue weighted by molar-refractivity contribution is 0.0698. The fourth-order valence-corrected chi connectivity index (χ4v) is 1.33. The van der Waals surface area contributed by atoms with Gasteiger partial charge in [-0.05, 0) is 12.1 Å². The Morgan fingerprint density at radius 3 is 2.93 bits per heavy atom. The van der Waals surface area contributed by atoms with E-state index in [1.165, 1.54) is 18.5 Å². The van der Waals surface area contributed by atoms with Gasteiger partial charge in [-0.25, -0.2) is 9.78 Å². The minimum atomic E-state index is -1.04. The average Bonchev–Trinajstić information content (AvgIpc) is 2.64. The molecule has 0 amide bonds. The zero-order chi connectivity index (χ0) is 10.1. The first kappa shape index (κ1) is 8.43. The molecule has 0 saturated carbocycles. The molecule has 0 bridgehead atoms. The van der Waals surface area contributed by atoms with Gasteiger partial charge in [0.2, 0.25) is 0 Å². The molecule has 5 nitrogen and oxygen atoms in total. The third-order valence-electron chi connectivity index (χ3n) is 1.97. The van der Waals surface area contributed by atoms with Crippen molar-refractivity contribution in [2.45, 2.75) is 0 Å². The molecular weight excluding hydrogens is 184 g/mol. The summed E-state index contributed by atoms with van der Waals surface area (Å²) < 4.78 is 0. The highest BCUT2D eigenvalue weighted by Gasteiger charge is 2.12. The second kappa shape index (κ2) is 2.95. The van der Waals surface area contributed by atoms with Gasteiger partial charge in [-0.1, -0.05) is 0 Å². The van der Waals surface area contributed by atoms with Gasteiger partial charge in [0.05, 0.1) is 22.9 Å². The summed E-state index contributed by atoms with van der Waals surface area (Å²) in [6.45, 7) is 0. The molecule has 1 heterocycles. The molecule has 5 heteroatoms. The van der Waals surface area contributed by atoms with Gasteiger partial charge in [-0.3, -0.25) is 4.79 Å². The van der Waals surface area contributed by atoms with E-state index in [0.717, 1.165) is 0 Å². The fraction of sp³-hybridized carbons (Fsp3) is 0. The van der Waals surface area contributed by atoms with Crippen LogP contribution in [0.5, 0.6) is 0 Å². The Balaban J connectivity index is 2.84. The van der Waals surface area contributed by atoms with Crippen LogP contribution in [0.25, 0.3) is 11.0 Å². The van der Waals surface area contributed by atoms with E-state index in [4.69, 9.17) is 5.11 Å². The summed E-state index contributed by atoms with van der Waals surface area (Å²) >= 11 is 0. The number of imidazole rings is 1. The van der Waals surface area contributed by atoms with Crippen LogP contribution in [0.15, 0.2) is 18.5 Å². The monoisotopic (exact) mass is 190 g/mol. The van der Waals surface area contributed by atoms with Crippen LogP contribution in [0, 0.1) is 0 Å². The summed E-state index contributed by atoms with van der Waals surface area (Å²) in [5.41, 5.74) is 1.26. The molecule has 2 N–H and O–H groups in total. The lowest BCUT2D eigenvalue weighted by atomic mass is 10.1. The number of hydrogen-bond acceptors (Lipinski definition) is 3. The number of nitrogens with zero attached hydrogens (tertiary/aromatic N) is 1. The van der Waals surface area contributed by atoms with Crippen LogP contribution in [0.4, 0.5) is 0 Å². The van der Waals surface area contributed by atoms with E-state index < -0.39 is 5.97 Å². The van der Waals surface area contributed by atoms with E-state index in [-0.39, 0.29) is 5.56 Å². The van der Waals surface area contributed by atoms with Gasteiger partial charge in [-0.15, -0.1) is 0 Å². The summed E-state index contributed by atoms with van der Waals surface area (Å²) in [5, 5.41) is 8.83. The molecule has 0 aliphatic rings. The summed E-state index contributed by atoms with van der Waals surface area (Å²) in [7, 11) is 0. The first-order valence-corrected chi connectivity index (χ1v) is 3.88. The standard InChI is InChI=1S/C9H6N2O3/c12-3-5-1-2-6(9(13)14)8-7(5)10-4-11-8/h1-4H,(H,10,11)(H,13,14). The van der Waals surface area contributed by atoms with Gasteiger partial charge in [0.25, 0.3) is 0 Å². The zero-order valence-corrected chi connectivity index (χ0v) is 7.02. The van der Waals surface area contributed by atoms with Crippen molar-refractivity contribution in [2.24, 2.45) is 0 Å². The van der Waals surface area contributed by atoms with Crippen LogP contribution < -0.4 is 0 Å². The van der Waals surface area contributed by atoms with E-state index in [1.807, 2.05) is 0 Å². The molecule has 0 spiro atoms. The number of fused-ring (bicyclic) bond motifs is 1. The van der Waals surface area contributed by atoms with E-state index in [1.54, 1.807) is 0 Å². The predicted octanol–water partition coefficient (Wildman–Crippen LogP) is 1.07. The molecule has 1 aromatic heterocycles. The third-order valence-corrected chi connectivity index (χ3v) is 1.97. The number of hydrogen-bond donors (Lipinski definition) is 2. The van der Waals surface area contributed by atoms with Crippen molar-refractivity contribution in [1.29, 1.82) is 0 Å². The van der Waals surface area contributed by atoms with Crippen molar-refractivity contribution in [2.75, 3.05) is 0 Å². The Hall–Kier alpha value is -2.17. The number of aldehydes is 1. The van der Waals surface area contributed by atoms with Gasteiger partial charge < -0.3 is 10.1 Å². The van der Waals surface area contributed by atoms with Crippen molar-refractivity contribution >= 4 is 23.3 Å². The average molecular weight is 190 g/mol. The molecule has 0 aliphatic carbocycles. The van der Waals surface area contributed by atoms with Crippen molar-refractivity contribution < 1.29 is 14.7 Å². The number of carbonyl (C=O) groups excluding carboxylic acids is 1. The number of carbonyl (C=O) groups is 2. The van der Waals surface area contributed by atoms with E-state index in [0.29, 0.717) is 22.9 Å². The molecule has 0 saturated heterocycles. The minimum Gasteiger partial charge on any atom is -0.478 e. The molecule has 14 heavy (non-hydrogen) atoms. The molecule has 2 aromatic rings. The smallest absolute Gasteiger partial charge is 0.337 e. The summed E-state index contributed by atoms with van der Waals surface area (Å²) in [4.78, 5) is 28.0. The molecular formula is C9H6N2O3. The van der Waals surface area contributed by atoms with Gasteiger partial charge in [0.15, 0.2) is 6.29 Å². The maximum absolute atomic E-state index is 10.8. The Labute approximate surface area is 78.4 Å². The highest BCUT2D eigenvalue weighted by Crippen LogP contribution is 2.18. The highest BCUT2D eigenvalue weighted by atomic mass is 16.4. The van der Waals surface area contributed by atoms with Crippen molar-refractivity contribution in [3.8, 4) is 0 Å². The molecule has 1 aromatic carbocycles. The molecule has 0 aliphatic heterocycles. The predicted molar refractivity (Wildman–Crippen MR) is 48.4 cm³/mol. The molecule has 2 rings (SSSR count). The Kier molecular flexibility index (Phi) is 1.78. The Morgan fingerprint density at radius 2 is 2.29 bits per heavy atom. The first-order valence-electron chi connectivity index (χ1n) is 3.88. The number of carboxylic acids is 1. The zero-order valence-electron chi connectivity index (χ0n) is 7.02. The lowest BCUT2D eigenvalue weighted by Crippen LogP contribution is -1.98. The fourth-order valence-electron chi connectivity index (χ4n) is 1.33. The number of rotatable bonds is 2. The van der Waals surface area contributed by atoms with Gasteiger partial charge in [-0.2, -0.15) is 0 Å². The molecule has 70 valence electrons. The second-order valence-electron chi connectivity index (χ2n) is 2.75. The number of aromatic carboxylic acids is 1. The molecule has 0 fully saturated rings. The van der Waals surface area contributed by atoms with Crippen molar-refractivity contribution in [1.82, 2.24) is 9.97 Å². The molecule has 0 atom stereocenters. The molecule has 0 unspecified atom stereocenters.